The van der Waals surface area contributed by atoms with Crippen LogP contribution in [0, 0.1) is 24.0 Å². The summed E-state index contributed by atoms with van der Waals surface area (Å²) in [7, 11) is 0. The Balaban J connectivity index is 1.86. The molecule has 0 radical (unpaired) electrons. The number of carbonyl (C=O) groups is 1. The predicted molar refractivity (Wildman–Crippen MR) is 127 cm³/mol. The average Bonchev–Trinajstić information content (AvgIpc) is 3.39. The molecule has 0 amide bonds. The van der Waals surface area contributed by atoms with Crippen LogP contribution in [-0.4, -0.2) is 29.0 Å². The van der Waals surface area contributed by atoms with Crippen LogP contribution in [0.3, 0.4) is 0 Å². The lowest BCUT2D eigenvalue weighted by Crippen LogP contribution is -2.48. The number of aldehydes is 1. The normalized spacial score (nSPS) is 18.2. The van der Waals surface area contributed by atoms with E-state index in [0.29, 0.717) is 16.7 Å². The van der Waals surface area contributed by atoms with Crippen molar-refractivity contribution in [3.05, 3.63) is 82.7 Å². The lowest BCUT2D eigenvalue weighted by molar-refractivity contribution is -0.384. The smallest absolute Gasteiger partial charge is 0.297 e. The molecule has 2 aromatic heterocycles. The molecule has 36 heavy (non-hydrogen) atoms. The number of aryl methyl sites for hydroxylation is 2. The van der Waals surface area contributed by atoms with Gasteiger partial charge in [-0.2, -0.15) is 26.3 Å². The first-order valence-corrected chi connectivity index (χ1v) is 11.8. The first-order chi connectivity index (χ1) is 16.7. The van der Waals surface area contributed by atoms with Crippen molar-refractivity contribution in [2.24, 2.45) is 0 Å². The molecule has 0 spiro atoms. The fourth-order valence-electron chi connectivity index (χ4n) is 3.97. The highest BCUT2D eigenvalue weighted by Crippen LogP contribution is 2.65. The number of nitro benzene ring substituents is 1. The van der Waals surface area contributed by atoms with E-state index >= 15 is 8.78 Å². The standard InChI is InChI=1S/C24H15F6NO3S2/c1-12-18(9-16(35-12)8-5-14-3-6-15(7-4-14)31(33)34)20-21(19-10-17(11-32)36-13(19)2)23(27,28)24(29,30)22(20,25)26/h3-11H,1-2H3/b8-5+. The molecule has 4 nitrogen and oxygen atoms in total. The third kappa shape index (κ3) is 3.88. The number of hydrogen-bond donors (Lipinski definition) is 0. The zero-order chi connectivity index (χ0) is 26.6. The fourth-order valence-corrected chi connectivity index (χ4v) is 5.75. The molecular weight excluding hydrogens is 528 g/mol. The Morgan fingerprint density at radius 2 is 1.28 bits per heavy atom. The summed E-state index contributed by atoms with van der Waals surface area (Å²) in [5, 5.41) is 10.8. The summed E-state index contributed by atoms with van der Waals surface area (Å²) in [5.41, 5.74) is -3.53. The van der Waals surface area contributed by atoms with Crippen LogP contribution in [0.25, 0.3) is 23.3 Å². The van der Waals surface area contributed by atoms with E-state index in [4.69, 9.17) is 0 Å². The van der Waals surface area contributed by atoms with Crippen molar-refractivity contribution in [2.45, 2.75) is 31.6 Å². The van der Waals surface area contributed by atoms with Gasteiger partial charge in [0.2, 0.25) is 0 Å². The Hall–Kier alpha value is -3.25. The molecule has 0 N–H and O–H groups in total. The van der Waals surface area contributed by atoms with Crippen LogP contribution in [0.2, 0.25) is 0 Å². The van der Waals surface area contributed by atoms with Crippen LogP contribution in [0.4, 0.5) is 32.0 Å². The maximum Gasteiger partial charge on any atom is 0.380 e. The molecule has 188 valence electrons. The van der Waals surface area contributed by atoms with Crippen molar-refractivity contribution in [2.75, 3.05) is 0 Å². The van der Waals surface area contributed by atoms with Gasteiger partial charge in [0.15, 0.2) is 6.29 Å². The number of rotatable bonds is 6. The van der Waals surface area contributed by atoms with Crippen LogP contribution in [0.5, 0.6) is 0 Å². The number of nitrogens with zero attached hydrogens (tertiary/aromatic N) is 1. The van der Waals surface area contributed by atoms with Gasteiger partial charge in [-0.1, -0.05) is 6.08 Å². The van der Waals surface area contributed by atoms with Gasteiger partial charge in [0, 0.05) is 37.9 Å². The Kier molecular flexibility index (Phi) is 6.24. The average molecular weight is 544 g/mol. The number of alkyl halides is 6. The topological polar surface area (TPSA) is 60.2 Å². The number of hydrogen-bond acceptors (Lipinski definition) is 5. The highest BCUT2D eigenvalue weighted by molar-refractivity contribution is 7.14. The van der Waals surface area contributed by atoms with Gasteiger partial charge in [-0.05, 0) is 60.9 Å². The quantitative estimate of drug-likeness (QED) is 0.136. The number of thiophene rings is 2. The minimum absolute atomic E-state index is 0.0314. The number of non-ortho nitro benzene ring substituents is 1. The second-order valence-electron chi connectivity index (χ2n) is 8.01. The highest BCUT2D eigenvalue weighted by Gasteiger charge is 2.80. The minimum atomic E-state index is -5.69. The van der Waals surface area contributed by atoms with Gasteiger partial charge in [-0.25, -0.2) is 0 Å². The largest absolute Gasteiger partial charge is 0.380 e. The molecule has 0 aliphatic heterocycles. The molecule has 4 rings (SSSR count). The number of allylic oxidation sites excluding steroid dienone is 2. The van der Waals surface area contributed by atoms with Crippen molar-refractivity contribution < 1.29 is 36.1 Å². The van der Waals surface area contributed by atoms with E-state index < -0.39 is 45.0 Å². The summed E-state index contributed by atoms with van der Waals surface area (Å²) in [6, 6.07) is 7.49. The van der Waals surface area contributed by atoms with Gasteiger partial charge < -0.3 is 0 Å². The van der Waals surface area contributed by atoms with E-state index in [1.165, 1.54) is 50.3 Å². The molecule has 2 heterocycles. The van der Waals surface area contributed by atoms with Crippen molar-refractivity contribution in [1.82, 2.24) is 0 Å². The maximum absolute atomic E-state index is 15.0. The molecule has 0 bridgehead atoms. The second kappa shape index (κ2) is 8.70. The van der Waals surface area contributed by atoms with Crippen molar-refractivity contribution in [3.63, 3.8) is 0 Å². The monoisotopic (exact) mass is 543 g/mol. The Labute approximate surface area is 208 Å². The van der Waals surface area contributed by atoms with Gasteiger partial charge >= 0.3 is 17.8 Å². The van der Waals surface area contributed by atoms with Crippen LogP contribution >= 0.6 is 22.7 Å². The van der Waals surface area contributed by atoms with Gasteiger partial charge in [-0.3, -0.25) is 14.9 Å². The Bertz CT molecular complexity index is 1430. The van der Waals surface area contributed by atoms with E-state index in [9.17, 15) is 32.5 Å². The van der Waals surface area contributed by atoms with E-state index in [1.807, 2.05) is 0 Å². The first kappa shape index (κ1) is 25.8. The molecule has 1 aliphatic carbocycles. The summed E-state index contributed by atoms with van der Waals surface area (Å²) in [4.78, 5) is 21.7. The van der Waals surface area contributed by atoms with Gasteiger partial charge in [-0.15, -0.1) is 22.7 Å². The first-order valence-electron chi connectivity index (χ1n) is 10.2. The third-order valence-electron chi connectivity index (χ3n) is 5.74. The van der Waals surface area contributed by atoms with Gasteiger partial charge in [0.25, 0.3) is 5.69 Å². The number of benzene rings is 1. The lowest BCUT2D eigenvalue weighted by Gasteiger charge is -2.25. The SMILES string of the molecule is Cc1sc(C=O)cc1C1=C(c2cc(/C=C/c3ccc([N+](=O)[O-])cc3)sc2C)C(F)(F)C(F)(F)C1(F)F. The molecule has 1 aromatic carbocycles. The predicted octanol–water partition coefficient (Wildman–Crippen LogP) is 8.15. The van der Waals surface area contributed by atoms with Gasteiger partial charge in [0.1, 0.15) is 0 Å². The summed E-state index contributed by atoms with van der Waals surface area (Å²) in [6.07, 6.45) is 3.32. The molecule has 0 fully saturated rings. The van der Waals surface area contributed by atoms with E-state index in [0.717, 1.165) is 34.8 Å². The van der Waals surface area contributed by atoms with Crippen molar-refractivity contribution >= 4 is 57.9 Å². The highest BCUT2D eigenvalue weighted by atomic mass is 32.1. The van der Waals surface area contributed by atoms with Crippen molar-refractivity contribution in [3.8, 4) is 0 Å². The lowest BCUT2D eigenvalue weighted by atomic mass is 9.95. The Morgan fingerprint density at radius 3 is 1.72 bits per heavy atom. The molecule has 12 heteroatoms. The molecule has 1 aliphatic rings. The summed E-state index contributed by atoms with van der Waals surface area (Å²) >= 11 is 1.68. The van der Waals surface area contributed by atoms with Crippen LogP contribution in [0.15, 0.2) is 36.4 Å². The maximum atomic E-state index is 15.0. The van der Waals surface area contributed by atoms with Crippen molar-refractivity contribution in [1.29, 1.82) is 0 Å². The molecule has 0 atom stereocenters. The second-order valence-corrected chi connectivity index (χ2v) is 10.6. The van der Waals surface area contributed by atoms with Crippen LogP contribution in [-0.2, 0) is 0 Å². The molecule has 0 saturated heterocycles. The molecule has 0 unspecified atom stereocenters. The minimum Gasteiger partial charge on any atom is -0.297 e. The number of halogens is 6. The van der Waals surface area contributed by atoms with Crippen LogP contribution in [0.1, 0.15) is 41.0 Å². The number of carbonyl (C=O) groups excluding carboxylic acids is 1. The summed E-state index contributed by atoms with van der Waals surface area (Å²) < 4.78 is 89.1. The van der Waals surface area contributed by atoms with Crippen LogP contribution < -0.4 is 0 Å². The number of nitro groups is 1. The summed E-state index contributed by atoms with van der Waals surface area (Å²) in [6.45, 7) is 2.65. The molecule has 0 saturated carbocycles. The third-order valence-corrected chi connectivity index (χ3v) is 7.73. The van der Waals surface area contributed by atoms with Gasteiger partial charge in [0.05, 0.1) is 9.80 Å². The fraction of sp³-hybridized carbons (Fsp3) is 0.208. The zero-order valence-electron chi connectivity index (χ0n) is 18.5. The van der Waals surface area contributed by atoms with E-state index in [-0.39, 0.29) is 20.3 Å². The molecule has 3 aromatic rings. The van der Waals surface area contributed by atoms with E-state index in [2.05, 4.69) is 0 Å². The van der Waals surface area contributed by atoms with E-state index in [1.54, 1.807) is 0 Å². The zero-order valence-corrected chi connectivity index (χ0v) is 20.1. The Morgan fingerprint density at radius 1 is 0.806 bits per heavy atom. The molecular formula is C24H15F6NO3S2. The summed E-state index contributed by atoms with van der Waals surface area (Å²) in [5.74, 6) is -16.1.